The largest absolute Gasteiger partial charge is 0.364 e. The minimum atomic E-state index is -0.140. The second-order valence-electron chi connectivity index (χ2n) is 5.21. The Morgan fingerprint density at radius 1 is 1.39 bits per heavy atom. The molecule has 3 aromatic rings. The number of benzene rings is 1. The van der Waals surface area contributed by atoms with Gasteiger partial charge in [-0.25, -0.2) is 9.97 Å². The van der Waals surface area contributed by atoms with E-state index in [1.165, 1.54) is 0 Å². The van der Waals surface area contributed by atoms with Crippen LogP contribution < -0.4 is 5.32 Å². The van der Waals surface area contributed by atoms with E-state index in [2.05, 4.69) is 20.3 Å². The number of ether oxygens (including phenoxy) is 1. The molecule has 0 atom stereocenters. The maximum atomic E-state index is 11.7. The number of carbonyl (C=O) groups is 1. The highest BCUT2D eigenvalue weighted by atomic mass is 16.5. The monoisotopic (exact) mass is 313 g/mol. The van der Waals surface area contributed by atoms with Crippen LogP contribution in [0.15, 0.2) is 36.7 Å². The molecule has 7 heteroatoms. The van der Waals surface area contributed by atoms with Crippen molar-refractivity contribution in [1.82, 2.24) is 24.8 Å². The average Bonchev–Trinajstić information content (AvgIpc) is 3.13. The molecule has 1 amide bonds. The number of H-pyrrole nitrogens is 1. The highest BCUT2D eigenvalue weighted by molar-refractivity contribution is 5.77. The molecule has 3 rings (SSSR count). The number of hydrogen-bond acceptors (Lipinski definition) is 4. The summed E-state index contributed by atoms with van der Waals surface area (Å²) < 4.78 is 7.38. The summed E-state index contributed by atoms with van der Waals surface area (Å²) in [5, 5.41) is 2.82. The molecule has 0 spiro atoms. The quantitative estimate of drug-likeness (QED) is 0.690. The summed E-state index contributed by atoms with van der Waals surface area (Å²) in [5.41, 5.74) is 1.86. The van der Waals surface area contributed by atoms with Crippen LogP contribution >= 0.6 is 0 Å². The van der Waals surface area contributed by atoms with E-state index in [-0.39, 0.29) is 19.1 Å². The average molecular weight is 313 g/mol. The van der Waals surface area contributed by atoms with E-state index in [0.717, 1.165) is 16.9 Å². The van der Waals surface area contributed by atoms with Crippen LogP contribution in [0, 0.1) is 6.92 Å². The van der Waals surface area contributed by atoms with Gasteiger partial charge in [0.1, 0.15) is 24.9 Å². The van der Waals surface area contributed by atoms with Gasteiger partial charge in [-0.3, -0.25) is 4.79 Å². The van der Waals surface area contributed by atoms with Gasteiger partial charge in [0, 0.05) is 25.5 Å². The smallest absolute Gasteiger partial charge is 0.246 e. The Morgan fingerprint density at radius 3 is 3.04 bits per heavy atom. The maximum Gasteiger partial charge on any atom is 0.246 e. The van der Waals surface area contributed by atoms with Crippen LogP contribution in [-0.2, 0) is 22.7 Å². The lowest BCUT2D eigenvalue weighted by molar-refractivity contribution is -0.126. The molecular weight excluding hydrogens is 294 g/mol. The molecule has 120 valence electrons. The number of nitrogens with zero attached hydrogens (tertiary/aromatic N) is 3. The van der Waals surface area contributed by atoms with E-state index in [9.17, 15) is 4.79 Å². The number of fused-ring (bicyclic) bond motifs is 1. The first-order valence-electron chi connectivity index (χ1n) is 7.48. The fourth-order valence-corrected chi connectivity index (χ4v) is 2.32. The van der Waals surface area contributed by atoms with Crippen molar-refractivity contribution in [1.29, 1.82) is 0 Å². The third kappa shape index (κ3) is 3.95. The van der Waals surface area contributed by atoms with E-state index in [1.807, 2.05) is 42.0 Å². The van der Waals surface area contributed by atoms with Crippen molar-refractivity contribution < 1.29 is 9.53 Å². The topological polar surface area (TPSA) is 84.8 Å². The Morgan fingerprint density at radius 2 is 2.26 bits per heavy atom. The van der Waals surface area contributed by atoms with Crippen molar-refractivity contribution in [3.8, 4) is 0 Å². The highest BCUT2D eigenvalue weighted by Crippen LogP contribution is 2.10. The third-order valence-corrected chi connectivity index (χ3v) is 3.51. The summed E-state index contributed by atoms with van der Waals surface area (Å²) in [7, 11) is 0. The summed E-state index contributed by atoms with van der Waals surface area (Å²) in [6.45, 7) is 3.46. The molecule has 2 heterocycles. The standard InChI is InChI=1S/C16H19N5O2/c1-12-17-6-8-21(12)9-7-18-16(22)11-23-10-15-19-13-4-2-3-5-14(13)20-15/h2-6,8H,7,9-11H2,1H3,(H,18,22)(H,19,20). The van der Waals surface area contributed by atoms with Crippen molar-refractivity contribution in [2.45, 2.75) is 20.1 Å². The van der Waals surface area contributed by atoms with Crippen molar-refractivity contribution in [3.05, 3.63) is 48.3 Å². The van der Waals surface area contributed by atoms with Crippen LogP contribution in [0.5, 0.6) is 0 Å². The minimum Gasteiger partial charge on any atom is -0.364 e. The van der Waals surface area contributed by atoms with E-state index in [1.54, 1.807) is 6.20 Å². The van der Waals surface area contributed by atoms with Crippen molar-refractivity contribution >= 4 is 16.9 Å². The Labute approximate surface area is 133 Å². The van der Waals surface area contributed by atoms with E-state index in [0.29, 0.717) is 18.9 Å². The number of hydrogen-bond donors (Lipinski definition) is 2. The molecule has 0 aliphatic rings. The first-order valence-corrected chi connectivity index (χ1v) is 7.48. The van der Waals surface area contributed by atoms with Gasteiger partial charge >= 0.3 is 0 Å². The van der Waals surface area contributed by atoms with E-state index < -0.39 is 0 Å². The summed E-state index contributed by atoms with van der Waals surface area (Å²) in [6.07, 6.45) is 3.63. The second kappa shape index (κ2) is 7.06. The number of nitrogens with one attached hydrogen (secondary N) is 2. The van der Waals surface area contributed by atoms with Gasteiger partial charge in [-0.05, 0) is 19.1 Å². The van der Waals surface area contributed by atoms with Gasteiger partial charge in [0.05, 0.1) is 11.0 Å². The van der Waals surface area contributed by atoms with Crippen LogP contribution in [-0.4, -0.2) is 38.6 Å². The van der Waals surface area contributed by atoms with Crippen LogP contribution in [0.3, 0.4) is 0 Å². The lowest BCUT2D eigenvalue weighted by Crippen LogP contribution is -2.30. The molecule has 0 radical (unpaired) electrons. The Hall–Kier alpha value is -2.67. The van der Waals surface area contributed by atoms with Gasteiger partial charge in [0.15, 0.2) is 0 Å². The lowest BCUT2D eigenvalue weighted by atomic mass is 10.3. The number of amides is 1. The molecule has 0 aliphatic heterocycles. The fourth-order valence-electron chi connectivity index (χ4n) is 2.32. The molecule has 0 bridgehead atoms. The van der Waals surface area contributed by atoms with Crippen LogP contribution in [0.4, 0.5) is 0 Å². The molecule has 0 saturated heterocycles. The molecule has 7 nitrogen and oxygen atoms in total. The predicted molar refractivity (Wildman–Crippen MR) is 85.7 cm³/mol. The van der Waals surface area contributed by atoms with Gasteiger partial charge in [-0.1, -0.05) is 12.1 Å². The summed E-state index contributed by atoms with van der Waals surface area (Å²) in [5.74, 6) is 1.51. The molecule has 1 aromatic carbocycles. The number of aromatic nitrogens is 4. The van der Waals surface area contributed by atoms with Crippen molar-refractivity contribution in [2.75, 3.05) is 13.2 Å². The highest BCUT2D eigenvalue weighted by Gasteiger charge is 2.05. The van der Waals surface area contributed by atoms with Crippen molar-refractivity contribution in [2.24, 2.45) is 0 Å². The van der Waals surface area contributed by atoms with Crippen LogP contribution in [0.2, 0.25) is 0 Å². The molecule has 2 aromatic heterocycles. The minimum absolute atomic E-state index is 0.0138. The molecule has 0 saturated carbocycles. The third-order valence-electron chi connectivity index (χ3n) is 3.51. The maximum absolute atomic E-state index is 11.7. The number of para-hydroxylation sites is 2. The zero-order valence-corrected chi connectivity index (χ0v) is 13.0. The van der Waals surface area contributed by atoms with Gasteiger partial charge in [0.2, 0.25) is 5.91 Å². The van der Waals surface area contributed by atoms with Crippen LogP contribution in [0.25, 0.3) is 11.0 Å². The summed E-state index contributed by atoms with van der Waals surface area (Å²) in [6, 6.07) is 7.76. The predicted octanol–water partition coefficient (Wildman–Crippen LogP) is 1.40. The molecule has 2 N–H and O–H groups in total. The normalized spacial score (nSPS) is 11.0. The van der Waals surface area contributed by atoms with Gasteiger partial charge in [-0.15, -0.1) is 0 Å². The molecule has 0 unspecified atom stereocenters. The first-order chi connectivity index (χ1) is 11.2. The SMILES string of the molecule is Cc1nccn1CCNC(=O)COCc1nc2ccccc2[nH]1. The fraction of sp³-hybridized carbons (Fsp3) is 0.312. The Bertz CT molecular complexity index is 759. The number of aromatic amines is 1. The first kappa shape index (κ1) is 15.2. The second-order valence-corrected chi connectivity index (χ2v) is 5.21. The zero-order valence-electron chi connectivity index (χ0n) is 13.0. The molecule has 0 fully saturated rings. The zero-order chi connectivity index (χ0) is 16.1. The summed E-state index contributed by atoms with van der Waals surface area (Å²) in [4.78, 5) is 23.4. The Kier molecular flexibility index (Phi) is 4.68. The van der Waals surface area contributed by atoms with E-state index in [4.69, 9.17) is 4.74 Å². The number of carbonyl (C=O) groups excluding carboxylic acids is 1. The van der Waals surface area contributed by atoms with E-state index >= 15 is 0 Å². The van der Waals surface area contributed by atoms with Gasteiger partial charge < -0.3 is 19.6 Å². The number of aryl methyl sites for hydroxylation is 1. The Balaban J connectivity index is 1.38. The molecule has 0 aliphatic carbocycles. The molecular formula is C16H19N5O2. The van der Waals surface area contributed by atoms with Crippen molar-refractivity contribution in [3.63, 3.8) is 0 Å². The van der Waals surface area contributed by atoms with Crippen LogP contribution in [0.1, 0.15) is 11.6 Å². The molecule has 23 heavy (non-hydrogen) atoms. The van der Waals surface area contributed by atoms with Gasteiger partial charge in [0.25, 0.3) is 0 Å². The number of rotatable bonds is 7. The lowest BCUT2D eigenvalue weighted by Gasteiger charge is -2.07. The van der Waals surface area contributed by atoms with Gasteiger partial charge in [-0.2, -0.15) is 0 Å². The number of imidazole rings is 2. The summed E-state index contributed by atoms with van der Waals surface area (Å²) >= 11 is 0.